The van der Waals surface area contributed by atoms with Gasteiger partial charge in [0.25, 0.3) is 0 Å². The third-order valence-electron chi connectivity index (χ3n) is 3.08. The van der Waals surface area contributed by atoms with Crippen molar-refractivity contribution in [2.24, 2.45) is 5.73 Å². The number of rotatable bonds is 4. The smallest absolute Gasteiger partial charge is 0.404 e. The van der Waals surface area contributed by atoms with Crippen molar-refractivity contribution in [2.45, 2.75) is 19.4 Å². The van der Waals surface area contributed by atoms with E-state index in [9.17, 15) is 14.7 Å². The van der Waals surface area contributed by atoms with Crippen LogP contribution in [0.4, 0.5) is 4.79 Å². The predicted molar refractivity (Wildman–Crippen MR) is 74.7 cm³/mol. The van der Waals surface area contributed by atoms with Crippen LogP contribution in [0.2, 0.25) is 0 Å². The van der Waals surface area contributed by atoms with Gasteiger partial charge in [-0.3, -0.25) is 0 Å². The maximum atomic E-state index is 11.3. The quantitative estimate of drug-likeness (QED) is 0.895. The minimum absolute atomic E-state index is 0.212. The normalized spacial score (nSPS) is 12.1. The van der Waals surface area contributed by atoms with E-state index in [0.717, 1.165) is 10.8 Å². The van der Waals surface area contributed by atoms with Gasteiger partial charge in [-0.05, 0) is 29.3 Å². The standard InChI is InChI=1S/C15H15NO4/c1-9(20-15(16)19)8-13-11-5-3-2-4-10(11)6-7-12(13)14(17)18/h2-7,9H,8H2,1H3,(H2,16,19)(H,17,18). The molecule has 0 heterocycles. The number of carboxylic acid groups (broad SMARTS) is 1. The summed E-state index contributed by atoms with van der Waals surface area (Å²) in [5, 5.41) is 11.1. The number of fused-ring (bicyclic) bond motifs is 1. The Morgan fingerprint density at radius 3 is 2.60 bits per heavy atom. The molecule has 5 heteroatoms. The monoisotopic (exact) mass is 273 g/mol. The first-order valence-electron chi connectivity index (χ1n) is 6.19. The molecular formula is C15H15NO4. The van der Waals surface area contributed by atoms with E-state index >= 15 is 0 Å². The minimum atomic E-state index is -1.00. The lowest BCUT2D eigenvalue weighted by Gasteiger charge is -2.15. The summed E-state index contributed by atoms with van der Waals surface area (Å²) in [5.41, 5.74) is 5.83. The van der Waals surface area contributed by atoms with Gasteiger partial charge in [-0.25, -0.2) is 9.59 Å². The number of aromatic carboxylic acids is 1. The second-order valence-corrected chi connectivity index (χ2v) is 4.57. The SMILES string of the molecule is CC(Cc1c(C(=O)O)ccc2ccccc12)OC(N)=O. The van der Waals surface area contributed by atoms with E-state index in [1.165, 1.54) is 0 Å². The van der Waals surface area contributed by atoms with Crippen LogP contribution >= 0.6 is 0 Å². The zero-order chi connectivity index (χ0) is 14.7. The number of hydrogen-bond acceptors (Lipinski definition) is 3. The van der Waals surface area contributed by atoms with Crippen molar-refractivity contribution >= 4 is 22.8 Å². The molecule has 5 nitrogen and oxygen atoms in total. The Morgan fingerprint density at radius 2 is 1.95 bits per heavy atom. The molecule has 0 bridgehead atoms. The summed E-state index contributed by atoms with van der Waals surface area (Å²) >= 11 is 0. The van der Waals surface area contributed by atoms with Crippen molar-refractivity contribution in [1.82, 2.24) is 0 Å². The van der Waals surface area contributed by atoms with Gasteiger partial charge in [0.15, 0.2) is 0 Å². The fourth-order valence-electron chi connectivity index (χ4n) is 2.28. The highest BCUT2D eigenvalue weighted by molar-refractivity contribution is 5.98. The number of nitrogens with two attached hydrogens (primary N) is 1. The van der Waals surface area contributed by atoms with Crippen LogP contribution in [0.3, 0.4) is 0 Å². The number of benzene rings is 2. The van der Waals surface area contributed by atoms with E-state index in [1.54, 1.807) is 19.1 Å². The Hall–Kier alpha value is -2.56. The summed E-state index contributed by atoms with van der Waals surface area (Å²) < 4.78 is 4.88. The zero-order valence-electron chi connectivity index (χ0n) is 11.0. The van der Waals surface area contributed by atoms with Crippen LogP contribution in [-0.2, 0) is 11.2 Å². The molecule has 0 spiro atoms. The molecule has 0 aliphatic carbocycles. The number of carbonyl (C=O) groups is 2. The fraction of sp³-hybridized carbons (Fsp3) is 0.200. The van der Waals surface area contributed by atoms with Gasteiger partial charge in [0.05, 0.1) is 5.56 Å². The van der Waals surface area contributed by atoms with E-state index in [2.05, 4.69) is 0 Å². The minimum Gasteiger partial charge on any atom is -0.478 e. The van der Waals surface area contributed by atoms with Gasteiger partial charge in [0, 0.05) is 6.42 Å². The fourth-order valence-corrected chi connectivity index (χ4v) is 2.28. The molecule has 2 aromatic carbocycles. The maximum Gasteiger partial charge on any atom is 0.404 e. The number of carboxylic acids is 1. The number of ether oxygens (including phenoxy) is 1. The molecule has 0 saturated heterocycles. The van der Waals surface area contributed by atoms with Crippen LogP contribution in [0.15, 0.2) is 36.4 Å². The van der Waals surface area contributed by atoms with Crippen LogP contribution in [0.1, 0.15) is 22.8 Å². The molecule has 1 amide bonds. The lowest BCUT2D eigenvalue weighted by molar-refractivity contribution is 0.0695. The Balaban J connectivity index is 2.49. The van der Waals surface area contributed by atoms with Crippen molar-refractivity contribution in [1.29, 1.82) is 0 Å². The first-order chi connectivity index (χ1) is 9.49. The predicted octanol–water partition coefficient (Wildman–Crippen LogP) is 2.56. The molecule has 2 aromatic rings. The highest BCUT2D eigenvalue weighted by atomic mass is 16.6. The number of carbonyl (C=O) groups excluding carboxylic acids is 1. The first-order valence-corrected chi connectivity index (χ1v) is 6.19. The van der Waals surface area contributed by atoms with E-state index in [1.807, 2.05) is 24.3 Å². The van der Waals surface area contributed by atoms with Gasteiger partial charge in [-0.1, -0.05) is 30.3 Å². The summed E-state index contributed by atoms with van der Waals surface area (Å²) in [5.74, 6) is -1.00. The second-order valence-electron chi connectivity index (χ2n) is 4.57. The van der Waals surface area contributed by atoms with Gasteiger partial charge in [0.1, 0.15) is 6.10 Å². The van der Waals surface area contributed by atoms with E-state index < -0.39 is 18.2 Å². The average Bonchev–Trinajstić information content (AvgIpc) is 2.37. The van der Waals surface area contributed by atoms with E-state index in [0.29, 0.717) is 12.0 Å². The van der Waals surface area contributed by atoms with Crippen LogP contribution in [-0.4, -0.2) is 23.3 Å². The van der Waals surface area contributed by atoms with Crippen LogP contribution in [0, 0.1) is 0 Å². The number of hydrogen-bond donors (Lipinski definition) is 2. The van der Waals surface area contributed by atoms with Crippen LogP contribution in [0.5, 0.6) is 0 Å². The van der Waals surface area contributed by atoms with E-state index in [-0.39, 0.29) is 5.56 Å². The molecule has 1 atom stereocenters. The van der Waals surface area contributed by atoms with Crippen molar-refractivity contribution in [2.75, 3.05) is 0 Å². The van der Waals surface area contributed by atoms with Gasteiger partial charge >= 0.3 is 12.1 Å². The summed E-state index contributed by atoms with van der Waals surface area (Å²) in [4.78, 5) is 22.1. The summed E-state index contributed by atoms with van der Waals surface area (Å²) in [7, 11) is 0. The topological polar surface area (TPSA) is 89.6 Å². The average molecular weight is 273 g/mol. The van der Waals surface area contributed by atoms with Crippen LogP contribution in [0.25, 0.3) is 10.8 Å². The van der Waals surface area contributed by atoms with E-state index in [4.69, 9.17) is 10.5 Å². The Morgan fingerprint density at radius 1 is 1.25 bits per heavy atom. The molecule has 0 aliphatic rings. The third-order valence-corrected chi connectivity index (χ3v) is 3.08. The molecule has 1 unspecified atom stereocenters. The second kappa shape index (κ2) is 5.61. The lowest BCUT2D eigenvalue weighted by atomic mass is 9.95. The molecular weight excluding hydrogens is 258 g/mol. The molecule has 0 saturated carbocycles. The zero-order valence-corrected chi connectivity index (χ0v) is 11.0. The lowest BCUT2D eigenvalue weighted by Crippen LogP contribution is -2.22. The van der Waals surface area contributed by atoms with Gasteiger partial charge in [-0.15, -0.1) is 0 Å². The Bertz CT molecular complexity index is 666. The highest BCUT2D eigenvalue weighted by Crippen LogP contribution is 2.24. The summed E-state index contributed by atoms with van der Waals surface area (Å²) in [6.45, 7) is 1.68. The van der Waals surface area contributed by atoms with Gasteiger partial charge < -0.3 is 15.6 Å². The Kier molecular flexibility index (Phi) is 3.89. The molecule has 3 N–H and O–H groups in total. The molecule has 104 valence electrons. The first kappa shape index (κ1) is 13.9. The molecule has 0 aromatic heterocycles. The molecule has 20 heavy (non-hydrogen) atoms. The summed E-state index contributed by atoms with van der Waals surface area (Å²) in [6, 6.07) is 10.8. The maximum absolute atomic E-state index is 11.3. The van der Waals surface area contributed by atoms with Crippen molar-refractivity contribution in [3.63, 3.8) is 0 Å². The van der Waals surface area contributed by atoms with Crippen LogP contribution < -0.4 is 5.73 Å². The van der Waals surface area contributed by atoms with Gasteiger partial charge in [-0.2, -0.15) is 0 Å². The van der Waals surface area contributed by atoms with Crippen molar-refractivity contribution in [3.8, 4) is 0 Å². The third kappa shape index (κ3) is 2.88. The number of primary amides is 1. The van der Waals surface area contributed by atoms with Gasteiger partial charge in [0.2, 0.25) is 0 Å². The van der Waals surface area contributed by atoms with Crippen molar-refractivity contribution in [3.05, 3.63) is 47.5 Å². The Labute approximate surface area is 116 Å². The number of amides is 1. The molecule has 0 aliphatic heterocycles. The van der Waals surface area contributed by atoms with Crippen molar-refractivity contribution < 1.29 is 19.4 Å². The largest absolute Gasteiger partial charge is 0.478 e. The highest BCUT2D eigenvalue weighted by Gasteiger charge is 2.17. The summed E-state index contributed by atoms with van der Waals surface area (Å²) in [6.07, 6.45) is -1.06. The molecule has 0 fully saturated rings. The molecule has 0 radical (unpaired) electrons. The molecule has 2 rings (SSSR count).